The van der Waals surface area contributed by atoms with E-state index in [9.17, 15) is 4.39 Å². The number of hydrogen-bond acceptors (Lipinski definition) is 2. The Kier molecular flexibility index (Phi) is 2.99. The molecule has 14 heavy (non-hydrogen) atoms. The molecule has 3 heteroatoms. The smallest absolute Gasteiger partial charge is 0.165 e. The molecule has 0 spiro atoms. The van der Waals surface area contributed by atoms with Crippen molar-refractivity contribution in [1.29, 1.82) is 0 Å². The van der Waals surface area contributed by atoms with Crippen LogP contribution in [-0.2, 0) is 4.74 Å². The van der Waals surface area contributed by atoms with Crippen LogP contribution in [0.1, 0.15) is 12.8 Å². The normalized spacial score (nSPS) is 18.1. The molecule has 0 aromatic heterocycles. The first kappa shape index (κ1) is 9.46. The van der Waals surface area contributed by atoms with Crippen molar-refractivity contribution in [2.75, 3.05) is 13.2 Å². The molecule has 0 amide bonds. The van der Waals surface area contributed by atoms with Gasteiger partial charge in [-0.2, -0.15) is 0 Å². The summed E-state index contributed by atoms with van der Waals surface area (Å²) in [6.07, 6.45) is 1.78. The fraction of sp³-hybridized carbons (Fsp3) is 0.455. The van der Waals surface area contributed by atoms with Crippen molar-refractivity contribution < 1.29 is 13.9 Å². The molecule has 1 fully saturated rings. The van der Waals surface area contributed by atoms with Gasteiger partial charge in [-0.15, -0.1) is 0 Å². The Morgan fingerprint density at radius 3 is 2.64 bits per heavy atom. The molecule has 76 valence electrons. The molecule has 1 aliphatic heterocycles. The van der Waals surface area contributed by atoms with E-state index < -0.39 is 0 Å². The van der Waals surface area contributed by atoms with Crippen molar-refractivity contribution in [3.8, 4) is 5.75 Å². The van der Waals surface area contributed by atoms with Crippen LogP contribution in [0, 0.1) is 5.82 Å². The highest BCUT2D eigenvalue weighted by atomic mass is 19.1. The minimum Gasteiger partial charge on any atom is -0.487 e. The van der Waals surface area contributed by atoms with E-state index in [1.165, 1.54) is 6.07 Å². The lowest BCUT2D eigenvalue weighted by molar-refractivity contribution is 0.0240. The van der Waals surface area contributed by atoms with Gasteiger partial charge in [0.1, 0.15) is 6.10 Å². The lowest BCUT2D eigenvalue weighted by Crippen LogP contribution is -2.26. The number of hydrogen-bond donors (Lipinski definition) is 0. The van der Waals surface area contributed by atoms with E-state index in [4.69, 9.17) is 9.47 Å². The molecule has 0 atom stereocenters. The third kappa shape index (κ3) is 2.23. The lowest BCUT2D eigenvalue weighted by Gasteiger charge is -2.23. The van der Waals surface area contributed by atoms with Crippen LogP contribution in [0.5, 0.6) is 5.75 Å². The molecule has 0 radical (unpaired) electrons. The zero-order valence-corrected chi connectivity index (χ0v) is 7.91. The fourth-order valence-electron chi connectivity index (χ4n) is 1.51. The summed E-state index contributed by atoms with van der Waals surface area (Å²) in [5.74, 6) is 0.0541. The van der Waals surface area contributed by atoms with Crippen LogP contribution in [-0.4, -0.2) is 19.3 Å². The summed E-state index contributed by atoms with van der Waals surface area (Å²) < 4.78 is 23.9. The molecular formula is C11H13FO2. The molecule has 0 saturated carbocycles. The molecule has 1 aromatic carbocycles. The quantitative estimate of drug-likeness (QED) is 0.723. The number of ether oxygens (including phenoxy) is 2. The Morgan fingerprint density at radius 1 is 1.21 bits per heavy atom. The van der Waals surface area contributed by atoms with Gasteiger partial charge in [-0.25, -0.2) is 4.39 Å². The average molecular weight is 196 g/mol. The predicted molar refractivity (Wildman–Crippen MR) is 50.9 cm³/mol. The first-order valence-corrected chi connectivity index (χ1v) is 4.85. The van der Waals surface area contributed by atoms with Gasteiger partial charge in [-0.1, -0.05) is 12.1 Å². The summed E-state index contributed by atoms with van der Waals surface area (Å²) >= 11 is 0. The number of benzene rings is 1. The minimum atomic E-state index is -0.293. The monoisotopic (exact) mass is 196 g/mol. The van der Waals surface area contributed by atoms with Gasteiger partial charge in [0, 0.05) is 12.8 Å². The zero-order chi connectivity index (χ0) is 9.80. The SMILES string of the molecule is Fc1ccccc1OC1CCOCC1. The van der Waals surface area contributed by atoms with Crippen LogP contribution >= 0.6 is 0 Å². The van der Waals surface area contributed by atoms with Crippen molar-refractivity contribution in [3.05, 3.63) is 30.1 Å². The summed E-state index contributed by atoms with van der Waals surface area (Å²) in [5, 5.41) is 0. The van der Waals surface area contributed by atoms with Crippen LogP contribution < -0.4 is 4.74 Å². The average Bonchev–Trinajstić information content (AvgIpc) is 2.23. The second-order valence-corrected chi connectivity index (χ2v) is 3.36. The maximum Gasteiger partial charge on any atom is 0.165 e. The van der Waals surface area contributed by atoms with Gasteiger partial charge < -0.3 is 9.47 Å². The lowest BCUT2D eigenvalue weighted by atomic mass is 10.1. The van der Waals surface area contributed by atoms with Crippen molar-refractivity contribution in [1.82, 2.24) is 0 Å². The van der Waals surface area contributed by atoms with Gasteiger partial charge in [0.05, 0.1) is 13.2 Å². The highest BCUT2D eigenvalue weighted by molar-refractivity contribution is 5.23. The van der Waals surface area contributed by atoms with Crippen LogP contribution in [0.15, 0.2) is 24.3 Å². The molecule has 0 aliphatic carbocycles. The predicted octanol–water partition coefficient (Wildman–Crippen LogP) is 2.38. The van der Waals surface area contributed by atoms with Crippen LogP contribution in [0.25, 0.3) is 0 Å². The summed E-state index contributed by atoms with van der Waals surface area (Å²) in [7, 11) is 0. The molecule has 2 nitrogen and oxygen atoms in total. The molecule has 1 aliphatic rings. The molecule has 0 unspecified atom stereocenters. The molecule has 1 saturated heterocycles. The second kappa shape index (κ2) is 4.42. The molecular weight excluding hydrogens is 183 g/mol. The Hall–Kier alpha value is -1.09. The van der Waals surface area contributed by atoms with E-state index in [0.29, 0.717) is 19.0 Å². The van der Waals surface area contributed by atoms with E-state index in [2.05, 4.69) is 0 Å². The Labute approximate surface area is 82.6 Å². The first-order valence-electron chi connectivity index (χ1n) is 4.85. The van der Waals surface area contributed by atoms with Gasteiger partial charge in [0.15, 0.2) is 11.6 Å². The number of rotatable bonds is 2. The van der Waals surface area contributed by atoms with E-state index in [1.54, 1.807) is 18.2 Å². The summed E-state index contributed by atoms with van der Waals surface area (Å²) in [6, 6.07) is 6.50. The van der Waals surface area contributed by atoms with Gasteiger partial charge in [0.2, 0.25) is 0 Å². The maximum atomic E-state index is 13.2. The molecule has 0 N–H and O–H groups in total. The Bertz CT molecular complexity index is 295. The topological polar surface area (TPSA) is 18.5 Å². The van der Waals surface area contributed by atoms with Gasteiger partial charge in [-0.3, -0.25) is 0 Å². The maximum absolute atomic E-state index is 13.2. The first-order chi connectivity index (χ1) is 6.86. The van der Waals surface area contributed by atoms with Crippen molar-refractivity contribution in [2.45, 2.75) is 18.9 Å². The van der Waals surface area contributed by atoms with E-state index >= 15 is 0 Å². The number of para-hydroxylation sites is 1. The molecule has 0 bridgehead atoms. The third-order valence-electron chi connectivity index (χ3n) is 2.30. The van der Waals surface area contributed by atoms with Crippen molar-refractivity contribution >= 4 is 0 Å². The Balaban J connectivity index is 1.99. The third-order valence-corrected chi connectivity index (χ3v) is 2.30. The van der Waals surface area contributed by atoms with Gasteiger partial charge in [-0.05, 0) is 12.1 Å². The summed E-state index contributed by atoms with van der Waals surface area (Å²) in [4.78, 5) is 0. The largest absolute Gasteiger partial charge is 0.487 e. The minimum absolute atomic E-state index is 0.0978. The highest BCUT2D eigenvalue weighted by Gasteiger charge is 2.16. The van der Waals surface area contributed by atoms with E-state index in [0.717, 1.165) is 12.8 Å². The van der Waals surface area contributed by atoms with Crippen LogP contribution in [0.3, 0.4) is 0 Å². The summed E-state index contributed by atoms with van der Waals surface area (Å²) in [6.45, 7) is 1.41. The number of halogens is 1. The van der Waals surface area contributed by atoms with Crippen molar-refractivity contribution in [3.63, 3.8) is 0 Å². The highest BCUT2D eigenvalue weighted by Crippen LogP contribution is 2.20. The molecule has 1 heterocycles. The zero-order valence-electron chi connectivity index (χ0n) is 7.91. The van der Waals surface area contributed by atoms with Crippen LogP contribution in [0.2, 0.25) is 0 Å². The fourth-order valence-corrected chi connectivity index (χ4v) is 1.51. The van der Waals surface area contributed by atoms with Crippen LogP contribution in [0.4, 0.5) is 4.39 Å². The van der Waals surface area contributed by atoms with Gasteiger partial charge in [0.25, 0.3) is 0 Å². The molecule has 1 aromatic rings. The standard InChI is InChI=1S/C11H13FO2/c12-10-3-1-2-4-11(10)14-9-5-7-13-8-6-9/h1-4,9H,5-8H2. The van der Waals surface area contributed by atoms with Crippen molar-refractivity contribution in [2.24, 2.45) is 0 Å². The van der Waals surface area contributed by atoms with E-state index in [1.807, 2.05) is 0 Å². The Morgan fingerprint density at radius 2 is 1.93 bits per heavy atom. The van der Waals surface area contributed by atoms with E-state index in [-0.39, 0.29) is 11.9 Å². The second-order valence-electron chi connectivity index (χ2n) is 3.36. The molecule has 2 rings (SSSR count). The summed E-state index contributed by atoms with van der Waals surface area (Å²) in [5.41, 5.74) is 0. The van der Waals surface area contributed by atoms with Gasteiger partial charge >= 0.3 is 0 Å².